The van der Waals surface area contributed by atoms with E-state index in [9.17, 15) is 8.42 Å². The van der Waals surface area contributed by atoms with Crippen LogP contribution in [-0.4, -0.2) is 73.8 Å². The molecule has 12 nitrogen and oxygen atoms in total. The number of imidazole rings is 1. The highest BCUT2D eigenvalue weighted by Gasteiger charge is 2.41. The van der Waals surface area contributed by atoms with Crippen LogP contribution in [-0.2, 0) is 14.8 Å². The number of sulfonamides is 1. The summed E-state index contributed by atoms with van der Waals surface area (Å²) in [5.41, 5.74) is 1.64. The number of benzene rings is 1. The minimum Gasteiger partial charge on any atom is -0.494 e. The van der Waals surface area contributed by atoms with E-state index in [0.717, 1.165) is 0 Å². The van der Waals surface area contributed by atoms with Crippen LogP contribution in [0.25, 0.3) is 22.9 Å². The van der Waals surface area contributed by atoms with Crippen LogP contribution in [0.5, 0.6) is 11.5 Å². The molecule has 0 aliphatic carbocycles. The van der Waals surface area contributed by atoms with Crippen molar-refractivity contribution in [2.75, 3.05) is 32.2 Å². The molecule has 0 amide bonds. The van der Waals surface area contributed by atoms with Gasteiger partial charge in [0, 0.05) is 34.1 Å². The summed E-state index contributed by atoms with van der Waals surface area (Å²) in [5.74, 6) is 2.33. The highest BCUT2D eigenvalue weighted by atomic mass is 32.2. The molecule has 0 saturated carbocycles. The number of fused-ring (bicyclic) bond motifs is 1. The van der Waals surface area contributed by atoms with E-state index in [-0.39, 0.29) is 12.5 Å². The lowest BCUT2D eigenvalue weighted by atomic mass is 10.2. The molecule has 0 radical (unpaired) electrons. The van der Waals surface area contributed by atoms with E-state index in [2.05, 4.69) is 34.8 Å². The summed E-state index contributed by atoms with van der Waals surface area (Å²) in [6.45, 7) is 10.2. The SMILES string of the molecule is COc1cccc(OC)c1-n1c(-c2ccc(C)o2)nnc1N(CC[Si](C)(C)C)S(=O)(=O)C(C)C(OC)c1cn2ccccc2n1. The zero-order valence-electron chi connectivity index (χ0n) is 26.9. The Morgan fingerprint density at radius 3 is 2.27 bits per heavy atom. The summed E-state index contributed by atoms with van der Waals surface area (Å²) >= 11 is 0. The fraction of sp³-hybridized carbons (Fsp3) is 0.387. The van der Waals surface area contributed by atoms with E-state index >= 15 is 0 Å². The molecule has 0 N–H and O–H groups in total. The van der Waals surface area contributed by atoms with Gasteiger partial charge < -0.3 is 23.0 Å². The van der Waals surface area contributed by atoms with Crippen molar-refractivity contribution in [3.63, 3.8) is 0 Å². The first-order chi connectivity index (χ1) is 21.4. The topological polar surface area (TPSA) is 126 Å². The van der Waals surface area contributed by atoms with E-state index in [4.69, 9.17) is 18.6 Å². The van der Waals surface area contributed by atoms with Crippen LogP contribution >= 0.6 is 0 Å². The molecule has 4 heterocycles. The quantitative estimate of drug-likeness (QED) is 0.146. The van der Waals surface area contributed by atoms with Crippen LogP contribution in [0, 0.1) is 6.92 Å². The molecule has 14 heteroatoms. The Bertz CT molecular complexity index is 1840. The molecule has 5 aromatic rings. The Morgan fingerprint density at radius 1 is 0.978 bits per heavy atom. The number of pyridine rings is 1. The fourth-order valence-electron chi connectivity index (χ4n) is 5.19. The molecule has 2 unspecified atom stereocenters. The van der Waals surface area contributed by atoms with Crippen molar-refractivity contribution < 1.29 is 27.0 Å². The van der Waals surface area contributed by atoms with Crippen LogP contribution in [0.2, 0.25) is 25.7 Å². The first-order valence-corrected chi connectivity index (χ1v) is 19.8. The second-order valence-corrected chi connectivity index (χ2v) is 19.8. The summed E-state index contributed by atoms with van der Waals surface area (Å²) in [7, 11) is -1.34. The van der Waals surface area contributed by atoms with Crippen molar-refractivity contribution in [3.05, 3.63) is 72.4 Å². The summed E-state index contributed by atoms with van der Waals surface area (Å²) in [5, 5.41) is 7.95. The van der Waals surface area contributed by atoms with Crippen molar-refractivity contribution in [3.8, 4) is 28.8 Å². The normalized spacial score (nSPS) is 13.6. The largest absolute Gasteiger partial charge is 0.494 e. The molecule has 0 aliphatic rings. The number of rotatable bonds is 13. The molecule has 0 spiro atoms. The second kappa shape index (κ2) is 12.7. The third kappa shape index (κ3) is 6.35. The maximum atomic E-state index is 14.8. The number of furan rings is 1. The highest BCUT2D eigenvalue weighted by Crippen LogP contribution is 2.40. The number of anilines is 1. The van der Waals surface area contributed by atoms with Crippen LogP contribution in [0.3, 0.4) is 0 Å². The zero-order valence-corrected chi connectivity index (χ0v) is 28.7. The number of nitrogens with zero attached hydrogens (tertiary/aromatic N) is 6. The minimum absolute atomic E-state index is 0.0804. The summed E-state index contributed by atoms with van der Waals surface area (Å²) in [6, 6.07) is 15.2. The third-order valence-electron chi connectivity index (χ3n) is 7.65. The fourth-order valence-corrected chi connectivity index (χ4v) is 7.90. The number of aromatic nitrogens is 5. The van der Waals surface area contributed by atoms with E-state index in [1.54, 1.807) is 56.2 Å². The number of ether oxygens (including phenoxy) is 3. The number of hydrogen-bond acceptors (Lipinski definition) is 9. The minimum atomic E-state index is -4.16. The van der Waals surface area contributed by atoms with Crippen LogP contribution < -0.4 is 13.8 Å². The Balaban J connectivity index is 1.72. The van der Waals surface area contributed by atoms with Gasteiger partial charge in [-0.1, -0.05) is 31.8 Å². The lowest BCUT2D eigenvalue weighted by Crippen LogP contribution is -2.44. The Hall–Kier alpha value is -4.14. The van der Waals surface area contributed by atoms with Crippen LogP contribution in [0.1, 0.15) is 24.5 Å². The van der Waals surface area contributed by atoms with Crippen molar-refractivity contribution in [1.82, 2.24) is 24.1 Å². The van der Waals surface area contributed by atoms with Gasteiger partial charge in [0.05, 0.1) is 19.9 Å². The van der Waals surface area contributed by atoms with Gasteiger partial charge in [0.2, 0.25) is 21.8 Å². The molecule has 0 bridgehead atoms. The Morgan fingerprint density at radius 2 is 1.69 bits per heavy atom. The van der Waals surface area contributed by atoms with Crippen molar-refractivity contribution >= 4 is 29.7 Å². The van der Waals surface area contributed by atoms with Gasteiger partial charge in [-0.3, -0.25) is 4.57 Å². The average Bonchev–Trinajstić information content (AvgIpc) is 3.74. The first kappa shape index (κ1) is 32.3. The standard InChI is InChI=1S/C31H40N6O6SSi/c1-21-15-16-26(43-21)30-33-34-31(37(30)28-24(40-3)12-11-13-25(28)41-4)36(18-19-45(6,7)8)44(38,39)22(2)29(42-5)23-20-35-17-10-9-14-27(35)32-23/h9-17,20,22,29H,18-19H2,1-8H3. The third-order valence-corrected chi connectivity index (χ3v) is 11.5. The molecule has 0 saturated heterocycles. The van der Waals surface area contributed by atoms with Gasteiger partial charge in [-0.2, -0.15) is 0 Å². The average molecular weight is 653 g/mol. The van der Waals surface area contributed by atoms with Crippen molar-refractivity contribution in [2.45, 2.75) is 50.9 Å². The van der Waals surface area contributed by atoms with E-state index in [1.165, 1.54) is 11.4 Å². The van der Waals surface area contributed by atoms with Gasteiger partial charge in [0.15, 0.2) is 5.76 Å². The predicted octanol–water partition coefficient (Wildman–Crippen LogP) is 5.75. The van der Waals surface area contributed by atoms with Gasteiger partial charge in [0.25, 0.3) is 0 Å². The van der Waals surface area contributed by atoms with Gasteiger partial charge in [-0.15, -0.1) is 10.2 Å². The monoisotopic (exact) mass is 652 g/mol. The molecule has 0 aliphatic heterocycles. The number of hydrogen-bond donors (Lipinski definition) is 0. The molecule has 2 atom stereocenters. The number of aryl methyl sites for hydroxylation is 1. The Kier molecular flexibility index (Phi) is 9.10. The molecule has 4 aromatic heterocycles. The summed E-state index contributed by atoms with van der Waals surface area (Å²) < 4.78 is 57.8. The number of methoxy groups -OCH3 is 3. The highest BCUT2D eigenvalue weighted by molar-refractivity contribution is 7.93. The molecule has 5 rings (SSSR count). The van der Waals surface area contributed by atoms with Crippen LogP contribution in [0.15, 0.2) is 65.3 Å². The second-order valence-electron chi connectivity index (χ2n) is 12.0. The molecule has 45 heavy (non-hydrogen) atoms. The molecule has 240 valence electrons. The van der Waals surface area contributed by atoms with E-state index < -0.39 is 29.5 Å². The lowest BCUT2D eigenvalue weighted by Gasteiger charge is -2.31. The van der Waals surface area contributed by atoms with Gasteiger partial charge in [-0.05, 0) is 56.3 Å². The first-order valence-electron chi connectivity index (χ1n) is 14.6. The van der Waals surface area contributed by atoms with Crippen molar-refractivity contribution in [2.24, 2.45) is 0 Å². The zero-order chi connectivity index (χ0) is 32.5. The molecule has 0 fully saturated rings. The molecular weight excluding hydrogens is 613 g/mol. The van der Waals surface area contributed by atoms with E-state index in [1.807, 2.05) is 41.8 Å². The van der Waals surface area contributed by atoms with E-state index in [0.29, 0.717) is 51.9 Å². The van der Waals surface area contributed by atoms with Gasteiger partial charge >= 0.3 is 0 Å². The lowest BCUT2D eigenvalue weighted by molar-refractivity contribution is 0.0991. The van der Waals surface area contributed by atoms with Crippen molar-refractivity contribution in [1.29, 1.82) is 0 Å². The maximum absolute atomic E-state index is 14.8. The molecule has 1 aromatic carbocycles. The maximum Gasteiger partial charge on any atom is 0.246 e. The van der Waals surface area contributed by atoms with Gasteiger partial charge in [0.1, 0.15) is 39.9 Å². The summed E-state index contributed by atoms with van der Waals surface area (Å²) in [6.07, 6.45) is 2.79. The summed E-state index contributed by atoms with van der Waals surface area (Å²) in [4.78, 5) is 4.68. The predicted molar refractivity (Wildman–Crippen MR) is 176 cm³/mol. The number of para-hydroxylation sites is 1. The molecular formula is C31H40N6O6SSi. The van der Waals surface area contributed by atoms with Crippen LogP contribution in [0.4, 0.5) is 5.95 Å². The smallest absolute Gasteiger partial charge is 0.246 e. The Labute approximate surface area is 264 Å². The van der Waals surface area contributed by atoms with Gasteiger partial charge in [-0.25, -0.2) is 17.7 Å².